The second-order valence-electron chi connectivity index (χ2n) is 4.62. The van der Waals surface area contributed by atoms with E-state index in [1.54, 1.807) is 0 Å². The molecule has 2 unspecified atom stereocenters. The van der Waals surface area contributed by atoms with Crippen molar-refractivity contribution in [3.8, 4) is 11.8 Å². The van der Waals surface area contributed by atoms with Crippen LogP contribution in [0.1, 0.15) is 36.3 Å². The molecule has 0 bridgehead atoms. The van der Waals surface area contributed by atoms with Crippen molar-refractivity contribution in [3.05, 3.63) is 35.4 Å². The lowest BCUT2D eigenvalue weighted by Gasteiger charge is -2.28. The molecule has 1 aromatic rings. The Balaban J connectivity index is 2.06. The molecule has 4 heteroatoms. The number of amides is 1. The van der Waals surface area contributed by atoms with Crippen molar-refractivity contribution in [2.24, 2.45) is 5.73 Å². The van der Waals surface area contributed by atoms with Crippen LogP contribution in [0.2, 0.25) is 0 Å². The molecule has 0 spiro atoms. The average molecular weight is 258 g/mol. The summed E-state index contributed by atoms with van der Waals surface area (Å²) < 4.78 is 0. The van der Waals surface area contributed by atoms with Crippen molar-refractivity contribution >= 4 is 5.91 Å². The zero-order valence-corrected chi connectivity index (χ0v) is 10.7. The maximum Gasteiger partial charge on any atom is 0.222 e. The molecule has 4 nitrogen and oxygen atoms in total. The highest BCUT2D eigenvalue weighted by atomic mass is 16.3. The Bertz CT molecular complexity index is 499. The van der Waals surface area contributed by atoms with Gasteiger partial charge in [-0.3, -0.25) is 4.79 Å². The highest BCUT2D eigenvalue weighted by Gasteiger charge is 2.27. The van der Waals surface area contributed by atoms with Crippen LogP contribution in [0.15, 0.2) is 24.3 Å². The number of benzene rings is 1. The quantitative estimate of drug-likeness (QED) is 0.683. The summed E-state index contributed by atoms with van der Waals surface area (Å²) in [6, 6.07) is 7.78. The van der Waals surface area contributed by atoms with E-state index in [1.165, 1.54) is 0 Å². The van der Waals surface area contributed by atoms with E-state index in [2.05, 4.69) is 17.2 Å². The third kappa shape index (κ3) is 3.57. The van der Waals surface area contributed by atoms with Crippen molar-refractivity contribution in [2.75, 3.05) is 6.54 Å². The Morgan fingerprint density at radius 1 is 1.37 bits per heavy atom. The highest BCUT2D eigenvalue weighted by Crippen LogP contribution is 2.27. The van der Waals surface area contributed by atoms with Crippen LogP contribution >= 0.6 is 0 Å². The zero-order valence-electron chi connectivity index (χ0n) is 10.7. The lowest BCUT2D eigenvalue weighted by molar-refractivity contribution is -0.127. The van der Waals surface area contributed by atoms with E-state index in [4.69, 9.17) is 5.73 Å². The first kappa shape index (κ1) is 13.6. The van der Waals surface area contributed by atoms with Crippen LogP contribution in [0.5, 0.6) is 0 Å². The van der Waals surface area contributed by atoms with Gasteiger partial charge >= 0.3 is 0 Å². The van der Waals surface area contributed by atoms with Crippen molar-refractivity contribution in [2.45, 2.75) is 31.4 Å². The van der Waals surface area contributed by atoms with Crippen LogP contribution in [0.3, 0.4) is 0 Å². The first-order chi connectivity index (χ1) is 9.20. The van der Waals surface area contributed by atoms with Gasteiger partial charge in [-0.2, -0.15) is 0 Å². The lowest BCUT2D eigenvalue weighted by atomic mass is 9.89. The average Bonchev–Trinajstić information content (AvgIpc) is 2.40. The minimum atomic E-state index is -0.796. The minimum Gasteiger partial charge on any atom is -0.373 e. The Hall–Kier alpha value is -1.83. The molecule has 0 aliphatic carbocycles. The van der Waals surface area contributed by atoms with E-state index >= 15 is 0 Å². The van der Waals surface area contributed by atoms with Gasteiger partial charge in [0.2, 0.25) is 5.91 Å². The van der Waals surface area contributed by atoms with E-state index in [0.29, 0.717) is 25.8 Å². The van der Waals surface area contributed by atoms with Gasteiger partial charge < -0.3 is 16.2 Å². The first-order valence-electron chi connectivity index (χ1n) is 6.47. The summed E-state index contributed by atoms with van der Waals surface area (Å²) in [5, 5.41) is 12.4. The standard InChI is InChI=1S/C15H18N2O2/c16-10-2-1-3-11-4-6-12(7-5-11)13-8-9-14(18)17-15(13)19/h4-7,13,15,19H,2,8-10,16H2,(H,17,18). The Kier molecular flexibility index (Phi) is 4.56. The van der Waals surface area contributed by atoms with E-state index in [-0.39, 0.29) is 11.8 Å². The SMILES string of the molecule is NCCC#Cc1ccc(C2CCC(=O)NC2O)cc1. The number of hydrogen-bond acceptors (Lipinski definition) is 3. The Morgan fingerprint density at radius 3 is 2.74 bits per heavy atom. The second-order valence-corrected chi connectivity index (χ2v) is 4.62. The number of carbonyl (C=O) groups excluding carboxylic acids is 1. The first-order valence-corrected chi connectivity index (χ1v) is 6.47. The monoisotopic (exact) mass is 258 g/mol. The van der Waals surface area contributed by atoms with Gasteiger partial charge in [0.1, 0.15) is 6.23 Å². The molecule has 0 aromatic heterocycles. The summed E-state index contributed by atoms with van der Waals surface area (Å²) in [6.07, 6.45) is 1.02. The number of aliphatic hydroxyl groups is 1. The van der Waals surface area contributed by atoms with Crippen molar-refractivity contribution in [3.63, 3.8) is 0 Å². The number of nitrogens with one attached hydrogen (secondary N) is 1. The molecule has 19 heavy (non-hydrogen) atoms. The van der Waals surface area contributed by atoms with Gasteiger partial charge in [-0.1, -0.05) is 24.0 Å². The molecule has 2 atom stereocenters. The molecule has 0 saturated carbocycles. The van der Waals surface area contributed by atoms with Crippen molar-refractivity contribution in [1.82, 2.24) is 5.32 Å². The largest absolute Gasteiger partial charge is 0.373 e. The van der Waals surface area contributed by atoms with Gasteiger partial charge in [0.25, 0.3) is 0 Å². The Morgan fingerprint density at radius 2 is 2.11 bits per heavy atom. The van der Waals surface area contributed by atoms with Gasteiger partial charge in [0.05, 0.1) is 0 Å². The molecule has 1 aromatic carbocycles. The van der Waals surface area contributed by atoms with Crippen LogP contribution in [0.25, 0.3) is 0 Å². The van der Waals surface area contributed by atoms with Gasteiger partial charge in [-0.15, -0.1) is 0 Å². The smallest absolute Gasteiger partial charge is 0.222 e. The fraction of sp³-hybridized carbons (Fsp3) is 0.400. The number of nitrogens with two attached hydrogens (primary N) is 1. The Labute approximate surface area is 113 Å². The molecular formula is C15H18N2O2. The van der Waals surface area contributed by atoms with E-state index in [9.17, 15) is 9.90 Å². The highest BCUT2D eigenvalue weighted by molar-refractivity contribution is 5.77. The third-order valence-electron chi connectivity index (χ3n) is 3.21. The molecule has 1 aliphatic rings. The molecule has 0 radical (unpaired) electrons. The number of rotatable bonds is 2. The molecule has 4 N–H and O–H groups in total. The molecule has 100 valence electrons. The van der Waals surface area contributed by atoms with E-state index < -0.39 is 6.23 Å². The normalized spacial score (nSPS) is 22.3. The molecule has 1 amide bonds. The van der Waals surface area contributed by atoms with E-state index in [1.807, 2.05) is 24.3 Å². The van der Waals surface area contributed by atoms with Crippen molar-refractivity contribution in [1.29, 1.82) is 0 Å². The fourth-order valence-corrected chi connectivity index (χ4v) is 2.18. The summed E-state index contributed by atoms with van der Waals surface area (Å²) in [5.74, 6) is 5.89. The van der Waals surface area contributed by atoms with Gasteiger partial charge in [-0.25, -0.2) is 0 Å². The summed E-state index contributed by atoms with van der Waals surface area (Å²) >= 11 is 0. The van der Waals surface area contributed by atoms with E-state index in [0.717, 1.165) is 11.1 Å². The number of piperidine rings is 1. The summed E-state index contributed by atoms with van der Waals surface area (Å²) in [6.45, 7) is 0.569. The number of hydrogen-bond donors (Lipinski definition) is 3. The predicted octanol–water partition coefficient (Wildman–Crippen LogP) is 0.699. The maximum atomic E-state index is 11.2. The van der Waals surface area contributed by atoms with Crippen LogP contribution < -0.4 is 11.1 Å². The van der Waals surface area contributed by atoms with Crippen LogP contribution in [0.4, 0.5) is 0 Å². The second kappa shape index (κ2) is 6.37. The zero-order chi connectivity index (χ0) is 13.7. The maximum absolute atomic E-state index is 11.2. The predicted molar refractivity (Wildman–Crippen MR) is 73.1 cm³/mol. The lowest BCUT2D eigenvalue weighted by Crippen LogP contribution is -2.43. The third-order valence-corrected chi connectivity index (χ3v) is 3.21. The molecular weight excluding hydrogens is 240 g/mol. The van der Waals surface area contributed by atoms with Crippen molar-refractivity contribution < 1.29 is 9.90 Å². The van der Waals surface area contributed by atoms with Gasteiger partial charge in [0.15, 0.2) is 0 Å². The fourth-order valence-electron chi connectivity index (χ4n) is 2.18. The summed E-state index contributed by atoms with van der Waals surface area (Å²) in [4.78, 5) is 11.2. The van der Waals surface area contributed by atoms with Crippen LogP contribution in [-0.4, -0.2) is 23.8 Å². The molecule has 1 heterocycles. The molecule has 1 saturated heterocycles. The minimum absolute atomic E-state index is 0.0382. The van der Waals surface area contributed by atoms with Gasteiger partial charge in [0, 0.05) is 30.9 Å². The van der Waals surface area contributed by atoms with Gasteiger partial charge in [-0.05, 0) is 24.1 Å². The molecule has 1 fully saturated rings. The summed E-state index contributed by atoms with van der Waals surface area (Å²) in [7, 11) is 0. The molecule has 2 rings (SSSR count). The number of carbonyl (C=O) groups is 1. The summed E-state index contributed by atoms with van der Waals surface area (Å²) in [5.41, 5.74) is 7.34. The molecule has 1 aliphatic heterocycles. The number of aliphatic hydroxyl groups excluding tert-OH is 1. The van der Waals surface area contributed by atoms with Crippen LogP contribution in [0, 0.1) is 11.8 Å². The topological polar surface area (TPSA) is 75.4 Å². The van der Waals surface area contributed by atoms with Crippen LogP contribution in [-0.2, 0) is 4.79 Å².